The smallest absolute Gasteiger partial charge is 0.336 e. The van der Waals surface area contributed by atoms with E-state index in [1.807, 2.05) is 0 Å². The Labute approximate surface area is 80.2 Å². The van der Waals surface area contributed by atoms with Crippen LogP contribution in [0.5, 0.6) is 5.75 Å². The van der Waals surface area contributed by atoms with Gasteiger partial charge in [-0.25, -0.2) is 4.39 Å². The zero-order valence-electron chi connectivity index (χ0n) is 7.28. The van der Waals surface area contributed by atoms with E-state index in [2.05, 4.69) is 4.74 Å². The first-order chi connectivity index (χ1) is 6.49. The zero-order chi connectivity index (χ0) is 10.9. The first kappa shape index (κ1) is 10.3. The summed E-state index contributed by atoms with van der Waals surface area (Å²) in [6, 6.07) is 1.02. The van der Waals surface area contributed by atoms with E-state index in [1.54, 1.807) is 0 Å². The van der Waals surface area contributed by atoms with Crippen LogP contribution in [0.15, 0.2) is 6.07 Å². The van der Waals surface area contributed by atoms with Crippen LogP contribution in [0.25, 0.3) is 0 Å². The third-order valence-electron chi connectivity index (χ3n) is 1.67. The van der Waals surface area contributed by atoms with Gasteiger partial charge in [0.15, 0.2) is 11.4 Å². The Morgan fingerprint density at radius 3 is 2.71 bits per heavy atom. The summed E-state index contributed by atoms with van der Waals surface area (Å²) in [6.07, 6.45) is 0. The van der Waals surface area contributed by atoms with E-state index in [0.29, 0.717) is 0 Å². The van der Waals surface area contributed by atoms with Gasteiger partial charge >= 0.3 is 5.69 Å². The molecule has 0 aliphatic heterocycles. The Morgan fingerprint density at radius 1 is 1.71 bits per heavy atom. The molecule has 72 valence electrons. The van der Waals surface area contributed by atoms with Crippen molar-refractivity contribution in [2.75, 3.05) is 12.8 Å². The fourth-order valence-electron chi connectivity index (χ4n) is 1.01. The molecule has 0 aliphatic rings. The van der Waals surface area contributed by atoms with E-state index in [1.165, 1.54) is 7.11 Å². The van der Waals surface area contributed by atoms with Gasteiger partial charge < -0.3 is 10.5 Å². The highest BCUT2D eigenvalue weighted by molar-refractivity contribution is 6.33. The van der Waals surface area contributed by atoms with Crippen LogP contribution in [0.4, 0.5) is 15.8 Å². The lowest BCUT2D eigenvalue weighted by molar-refractivity contribution is -0.384. The molecule has 0 atom stereocenters. The number of nitro groups is 1. The molecule has 0 spiro atoms. The van der Waals surface area contributed by atoms with E-state index in [9.17, 15) is 14.5 Å². The van der Waals surface area contributed by atoms with Crippen molar-refractivity contribution in [1.29, 1.82) is 0 Å². The van der Waals surface area contributed by atoms with Crippen molar-refractivity contribution in [2.24, 2.45) is 0 Å². The number of nitrogen functional groups attached to an aromatic ring is 1. The van der Waals surface area contributed by atoms with Crippen molar-refractivity contribution >= 4 is 24.7 Å². The molecular weight excluding hydrogens is 190 g/mol. The summed E-state index contributed by atoms with van der Waals surface area (Å²) in [7, 11) is 6.42. The van der Waals surface area contributed by atoms with Crippen molar-refractivity contribution in [3.05, 3.63) is 22.0 Å². The van der Waals surface area contributed by atoms with Gasteiger partial charge in [-0.05, 0) is 6.07 Å². The second kappa shape index (κ2) is 3.53. The standard InChI is InChI=1S/C7H6BFN2O3/c1-14-4-2-3(8)5(9)6(10)7(4)11(12)13/h2H,10H2,1H3. The summed E-state index contributed by atoms with van der Waals surface area (Å²) in [6.45, 7) is 0. The number of benzene rings is 1. The number of hydrogen-bond donors (Lipinski definition) is 1. The van der Waals surface area contributed by atoms with Gasteiger partial charge in [-0.15, -0.1) is 0 Å². The number of ether oxygens (including phenoxy) is 1. The third-order valence-corrected chi connectivity index (χ3v) is 1.67. The predicted octanol–water partition coefficient (Wildman–Crippen LogP) is 0.118. The largest absolute Gasteiger partial charge is 0.490 e. The molecule has 0 heterocycles. The van der Waals surface area contributed by atoms with E-state index < -0.39 is 22.1 Å². The van der Waals surface area contributed by atoms with Gasteiger partial charge in [0.1, 0.15) is 13.7 Å². The van der Waals surface area contributed by atoms with Crippen LogP contribution in [0.1, 0.15) is 0 Å². The van der Waals surface area contributed by atoms with Crippen LogP contribution in [0.2, 0.25) is 0 Å². The highest BCUT2D eigenvalue weighted by Crippen LogP contribution is 2.33. The molecule has 0 bridgehead atoms. The highest BCUT2D eigenvalue weighted by Gasteiger charge is 2.23. The SMILES string of the molecule is [B]c1cc(OC)c([N+](=O)[O-])c(N)c1F. The maximum Gasteiger partial charge on any atom is 0.336 e. The fraction of sp³-hybridized carbons (Fsp3) is 0.143. The van der Waals surface area contributed by atoms with Crippen LogP contribution < -0.4 is 15.9 Å². The van der Waals surface area contributed by atoms with Crippen molar-refractivity contribution in [1.82, 2.24) is 0 Å². The number of methoxy groups -OCH3 is 1. The lowest BCUT2D eigenvalue weighted by Gasteiger charge is -2.07. The molecular formula is C7H6BFN2O3. The van der Waals surface area contributed by atoms with Crippen LogP contribution in [-0.4, -0.2) is 19.9 Å². The number of rotatable bonds is 2. The summed E-state index contributed by atoms with van der Waals surface area (Å²) >= 11 is 0. The van der Waals surface area contributed by atoms with Gasteiger partial charge in [-0.1, -0.05) is 5.46 Å². The quantitative estimate of drug-likeness (QED) is 0.315. The Balaban J connectivity index is 3.53. The van der Waals surface area contributed by atoms with Crippen molar-refractivity contribution in [3.8, 4) is 5.75 Å². The lowest BCUT2D eigenvalue weighted by Crippen LogP contribution is -2.14. The van der Waals surface area contributed by atoms with E-state index in [0.717, 1.165) is 6.07 Å². The summed E-state index contributed by atoms with van der Waals surface area (Å²) in [5, 5.41) is 10.5. The molecule has 0 saturated heterocycles. The Morgan fingerprint density at radius 2 is 2.29 bits per heavy atom. The van der Waals surface area contributed by atoms with Gasteiger partial charge in [-0.3, -0.25) is 10.1 Å². The fourth-order valence-corrected chi connectivity index (χ4v) is 1.01. The monoisotopic (exact) mass is 196 g/mol. The molecule has 7 heteroatoms. The highest BCUT2D eigenvalue weighted by atomic mass is 19.1. The van der Waals surface area contributed by atoms with Gasteiger partial charge in [0.25, 0.3) is 0 Å². The van der Waals surface area contributed by atoms with Gasteiger partial charge in [0.05, 0.1) is 12.0 Å². The van der Waals surface area contributed by atoms with Crippen LogP contribution in [0.3, 0.4) is 0 Å². The average molecular weight is 196 g/mol. The first-order valence-electron chi connectivity index (χ1n) is 3.54. The van der Waals surface area contributed by atoms with Crippen molar-refractivity contribution in [3.63, 3.8) is 0 Å². The minimum absolute atomic E-state index is 0.161. The molecule has 0 aliphatic carbocycles. The Bertz CT molecular complexity index is 397. The molecule has 0 fully saturated rings. The number of hydrogen-bond acceptors (Lipinski definition) is 4. The number of nitrogens with two attached hydrogens (primary N) is 1. The maximum atomic E-state index is 13.1. The average Bonchev–Trinajstić information content (AvgIpc) is 2.12. The molecule has 5 nitrogen and oxygen atoms in total. The van der Waals surface area contributed by atoms with Crippen LogP contribution in [0, 0.1) is 15.9 Å². The summed E-state index contributed by atoms with van der Waals surface area (Å²) in [5.41, 5.74) is 3.67. The number of nitro benzene ring substituents is 1. The van der Waals surface area contributed by atoms with Gasteiger partial charge in [0, 0.05) is 0 Å². The molecule has 1 aromatic rings. The number of anilines is 1. The molecule has 1 aromatic carbocycles. The lowest BCUT2D eigenvalue weighted by atomic mass is 9.94. The molecule has 1 rings (SSSR count). The summed E-state index contributed by atoms with van der Waals surface area (Å²) < 4.78 is 17.7. The number of nitrogens with zero attached hydrogens (tertiary/aromatic N) is 1. The van der Waals surface area contributed by atoms with E-state index >= 15 is 0 Å². The van der Waals surface area contributed by atoms with Crippen LogP contribution in [-0.2, 0) is 0 Å². The first-order valence-corrected chi connectivity index (χ1v) is 3.54. The summed E-state index contributed by atoms with van der Waals surface area (Å²) in [4.78, 5) is 9.68. The third kappa shape index (κ3) is 1.48. The molecule has 0 unspecified atom stereocenters. The molecule has 0 saturated carbocycles. The van der Waals surface area contributed by atoms with Crippen molar-refractivity contribution in [2.45, 2.75) is 0 Å². The molecule has 2 N–H and O–H groups in total. The molecule has 14 heavy (non-hydrogen) atoms. The molecule has 0 amide bonds. The Hall–Kier alpha value is -1.79. The Kier molecular flexibility index (Phi) is 2.59. The molecule has 2 radical (unpaired) electrons. The zero-order valence-corrected chi connectivity index (χ0v) is 7.28. The topological polar surface area (TPSA) is 78.4 Å². The minimum Gasteiger partial charge on any atom is -0.490 e. The summed E-state index contributed by atoms with van der Waals surface area (Å²) in [5.74, 6) is -1.16. The van der Waals surface area contributed by atoms with E-state index in [-0.39, 0.29) is 11.2 Å². The maximum absolute atomic E-state index is 13.1. The second-order valence-corrected chi connectivity index (χ2v) is 2.50. The second-order valence-electron chi connectivity index (χ2n) is 2.50. The van der Waals surface area contributed by atoms with Crippen LogP contribution >= 0.6 is 0 Å². The van der Waals surface area contributed by atoms with Gasteiger partial charge in [-0.2, -0.15) is 0 Å². The van der Waals surface area contributed by atoms with Crippen molar-refractivity contribution < 1.29 is 14.1 Å². The van der Waals surface area contributed by atoms with E-state index in [4.69, 9.17) is 13.6 Å². The predicted molar refractivity (Wildman–Crippen MR) is 49.4 cm³/mol. The minimum atomic E-state index is -1.00. The number of halogens is 1. The molecule has 0 aromatic heterocycles. The van der Waals surface area contributed by atoms with Gasteiger partial charge in [0.2, 0.25) is 0 Å². The normalized spacial score (nSPS) is 9.86.